The van der Waals surface area contributed by atoms with Crippen LogP contribution in [0.2, 0.25) is 0 Å². The maximum Gasteiger partial charge on any atom is 0.252 e. The molecule has 4 atom stereocenters. The Bertz CT molecular complexity index is 755. The summed E-state index contributed by atoms with van der Waals surface area (Å²) in [6.07, 6.45) is 3.74. The normalized spacial score (nSPS) is 36.2. The Labute approximate surface area is 142 Å². The molecule has 4 nitrogen and oxygen atoms in total. The molecule has 3 aliphatic rings. The van der Waals surface area contributed by atoms with Crippen LogP contribution in [0, 0.1) is 5.92 Å². The number of carbonyl (C=O) groups is 1. The summed E-state index contributed by atoms with van der Waals surface area (Å²) in [4.78, 5) is 11.9. The van der Waals surface area contributed by atoms with Gasteiger partial charge >= 0.3 is 0 Å². The minimum absolute atomic E-state index is 0.140. The second-order valence-corrected chi connectivity index (χ2v) is 7.75. The van der Waals surface area contributed by atoms with Gasteiger partial charge in [-0.2, -0.15) is 0 Å². The fraction of sp³-hybridized carbons (Fsp3) is 0.550. The Balaban J connectivity index is 2.08. The van der Waals surface area contributed by atoms with Crippen LogP contribution in [0.3, 0.4) is 0 Å². The molecule has 1 aromatic carbocycles. The van der Waals surface area contributed by atoms with Crippen molar-refractivity contribution >= 4 is 5.91 Å². The van der Waals surface area contributed by atoms with Crippen molar-refractivity contribution in [1.29, 1.82) is 0 Å². The van der Waals surface area contributed by atoms with Crippen LogP contribution in [0.4, 0.5) is 0 Å². The first-order valence-corrected chi connectivity index (χ1v) is 8.89. The lowest BCUT2D eigenvalue weighted by Crippen LogP contribution is -2.65. The molecule has 2 aliphatic carbocycles. The van der Waals surface area contributed by atoms with Gasteiger partial charge in [0, 0.05) is 5.56 Å². The van der Waals surface area contributed by atoms with Crippen LogP contribution in [0.15, 0.2) is 24.3 Å². The Morgan fingerprint density at radius 2 is 2.25 bits per heavy atom. The van der Waals surface area contributed by atoms with Gasteiger partial charge in [0.05, 0.1) is 16.6 Å². The third-order valence-corrected chi connectivity index (χ3v) is 6.60. The molecule has 4 heteroatoms. The van der Waals surface area contributed by atoms with Crippen LogP contribution >= 0.6 is 0 Å². The third-order valence-electron chi connectivity index (χ3n) is 6.60. The number of nitrogens with two attached hydrogens (primary N) is 1. The number of carbonyl (C=O) groups excluding carboxylic acids is 1. The molecule has 1 fully saturated rings. The molecule has 0 radical (unpaired) electrons. The summed E-state index contributed by atoms with van der Waals surface area (Å²) in [5.74, 6) is 0.249. The van der Waals surface area contributed by atoms with Crippen molar-refractivity contribution < 1.29 is 14.6 Å². The molecule has 1 heterocycles. The molecule has 24 heavy (non-hydrogen) atoms. The zero-order valence-corrected chi connectivity index (χ0v) is 14.4. The lowest BCUT2D eigenvalue weighted by molar-refractivity contribution is -0.132. The van der Waals surface area contributed by atoms with Crippen molar-refractivity contribution in [1.82, 2.24) is 0 Å². The quantitative estimate of drug-likeness (QED) is 0.839. The second kappa shape index (κ2) is 4.85. The van der Waals surface area contributed by atoms with Gasteiger partial charge in [-0.05, 0) is 48.8 Å². The van der Waals surface area contributed by atoms with E-state index in [9.17, 15) is 9.90 Å². The molecule has 128 valence electrons. The first-order chi connectivity index (χ1) is 11.4. The van der Waals surface area contributed by atoms with Crippen molar-refractivity contribution in [3.63, 3.8) is 0 Å². The van der Waals surface area contributed by atoms with E-state index in [1.807, 2.05) is 6.07 Å². The molecular weight excluding hydrogens is 302 g/mol. The van der Waals surface area contributed by atoms with Crippen LogP contribution in [-0.2, 0) is 11.8 Å². The minimum atomic E-state index is -0.830. The zero-order valence-electron chi connectivity index (χ0n) is 14.4. The van der Waals surface area contributed by atoms with Crippen LogP contribution in [0.25, 0.3) is 0 Å². The van der Waals surface area contributed by atoms with Crippen LogP contribution in [0.1, 0.15) is 61.0 Å². The SMILES string of the molecule is C=C1CC[C@@]2(O)[C@H](C)Cc3ccc(C(N)=O)c4c3[C@@]2(CCC)[C@H]1O4. The van der Waals surface area contributed by atoms with Gasteiger partial charge in [0.1, 0.15) is 11.9 Å². The monoisotopic (exact) mass is 327 g/mol. The van der Waals surface area contributed by atoms with Gasteiger partial charge in [0.2, 0.25) is 0 Å². The first-order valence-electron chi connectivity index (χ1n) is 8.89. The Morgan fingerprint density at radius 3 is 2.92 bits per heavy atom. The van der Waals surface area contributed by atoms with Gasteiger partial charge in [0.15, 0.2) is 0 Å². The Kier molecular flexibility index (Phi) is 3.17. The standard InChI is InChI=1S/C20H25NO3/c1-4-8-19-15-13-5-6-14(18(21)22)16(15)24-17(19)11(2)7-9-20(19,23)12(3)10-13/h5-6,12,17,23H,2,4,7-10H2,1,3H3,(H2,21,22)/t12-,17+,19+,20-/m1/s1. The summed E-state index contributed by atoms with van der Waals surface area (Å²) < 4.78 is 6.32. The van der Waals surface area contributed by atoms with Gasteiger partial charge in [-0.15, -0.1) is 0 Å². The van der Waals surface area contributed by atoms with E-state index in [2.05, 4.69) is 20.4 Å². The first kappa shape index (κ1) is 15.7. The molecule has 1 aromatic rings. The summed E-state index contributed by atoms with van der Waals surface area (Å²) in [5, 5.41) is 11.8. The highest BCUT2D eigenvalue weighted by Gasteiger charge is 2.68. The average Bonchev–Trinajstić information content (AvgIpc) is 2.88. The molecule has 0 spiro atoms. The Hall–Kier alpha value is -1.81. The maximum atomic E-state index is 11.9. The molecule has 0 aromatic heterocycles. The predicted octanol–water partition coefficient (Wildman–Crippen LogP) is 2.86. The van der Waals surface area contributed by atoms with Gasteiger partial charge in [-0.3, -0.25) is 4.79 Å². The smallest absolute Gasteiger partial charge is 0.252 e. The number of hydrogen-bond acceptors (Lipinski definition) is 3. The predicted molar refractivity (Wildman–Crippen MR) is 92.2 cm³/mol. The van der Waals surface area contributed by atoms with Crippen molar-refractivity contribution in [2.45, 2.75) is 63.1 Å². The van der Waals surface area contributed by atoms with Gasteiger partial charge < -0.3 is 15.6 Å². The molecular formula is C20H25NO3. The zero-order chi connectivity index (χ0) is 17.3. The van der Waals surface area contributed by atoms with E-state index in [1.165, 1.54) is 5.56 Å². The molecule has 3 N–H and O–H groups in total. The molecule has 0 saturated heterocycles. The van der Waals surface area contributed by atoms with E-state index >= 15 is 0 Å². The number of rotatable bonds is 3. The number of ether oxygens (including phenoxy) is 1. The van der Waals surface area contributed by atoms with Gasteiger partial charge in [-0.25, -0.2) is 0 Å². The molecule has 4 rings (SSSR count). The largest absolute Gasteiger partial charge is 0.484 e. The summed E-state index contributed by atoms with van der Waals surface area (Å²) in [6, 6.07) is 3.77. The summed E-state index contributed by atoms with van der Waals surface area (Å²) in [7, 11) is 0. The molecule has 0 unspecified atom stereocenters. The number of primary amides is 1. The summed E-state index contributed by atoms with van der Waals surface area (Å²) in [6.45, 7) is 8.49. The number of aliphatic hydroxyl groups is 1. The van der Waals surface area contributed by atoms with Crippen LogP contribution < -0.4 is 10.5 Å². The number of amides is 1. The van der Waals surface area contributed by atoms with E-state index in [1.54, 1.807) is 6.07 Å². The molecule has 1 aliphatic heterocycles. The van der Waals surface area contributed by atoms with E-state index in [-0.39, 0.29) is 12.0 Å². The van der Waals surface area contributed by atoms with Crippen molar-refractivity contribution in [3.05, 3.63) is 41.0 Å². The summed E-state index contributed by atoms with van der Waals surface area (Å²) in [5.41, 5.74) is 7.88. The minimum Gasteiger partial charge on any atom is -0.484 e. The van der Waals surface area contributed by atoms with Gasteiger partial charge in [0.25, 0.3) is 5.91 Å². The highest BCUT2D eigenvalue weighted by molar-refractivity contribution is 5.97. The van der Waals surface area contributed by atoms with E-state index < -0.39 is 16.9 Å². The van der Waals surface area contributed by atoms with Crippen LogP contribution in [-0.4, -0.2) is 22.7 Å². The lowest BCUT2D eigenvalue weighted by Gasteiger charge is -2.57. The molecule has 1 saturated carbocycles. The second-order valence-electron chi connectivity index (χ2n) is 7.75. The highest BCUT2D eigenvalue weighted by Crippen LogP contribution is 2.64. The van der Waals surface area contributed by atoms with Crippen molar-refractivity contribution in [2.24, 2.45) is 11.7 Å². The fourth-order valence-electron chi connectivity index (χ4n) is 5.58. The van der Waals surface area contributed by atoms with Gasteiger partial charge in [-0.1, -0.05) is 32.9 Å². The topological polar surface area (TPSA) is 72.5 Å². The van der Waals surface area contributed by atoms with E-state index in [0.29, 0.717) is 17.7 Å². The number of hydrogen-bond donors (Lipinski definition) is 2. The maximum absolute atomic E-state index is 11.9. The van der Waals surface area contributed by atoms with E-state index in [4.69, 9.17) is 10.5 Å². The molecule has 0 bridgehead atoms. The molecule has 1 amide bonds. The average molecular weight is 327 g/mol. The Morgan fingerprint density at radius 1 is 1.50 bits per heavy atom. The highest BCUT2D eigenvalue weighted by atomic mass is 16.5. The van der Waals surface area contributed by atoms with Crippen molar-refractivity contribution in [2.75, 3.05) is 0 Å². The van der Waals surface area contributed by atoms with Crippen LogP contribution in [0.5, 0.6) is 5.75 Å². The lowest BCUT2D eigenvalue weighted by atomic mass is 9.49. The van der Waals surface area contributed by atoms with Crippen molar-refractivity contribution in [3.8, 4) is 5.75 Å². The fourth-order valence-corrected chi connectivity index (χ4v) is 5.58. The number of benzene rings is 1. The summed E-state index contributed by atoms with van der Waals surface area (Å²) >= 11 is 0. The third kappa shape index (κ3) is 1.60. The van der Waals surface area contributed by atoms with E-state index in [0.717, 1.165) is 36.8 Å².